The number of rotatable bonds is 7. The molecule has 1 amide bonds. The Morgan fingerprint density at radius 3 is 2.64 bits per heavy atom. The summed E-state index contributed by atoms with van der Waals surface area (Å²) in [5, 5.41) is 4.06. The molecule has 1 heterocycles. The molecule has 0 saturated carbocycles. The number of carbonyl (C=O) groups is 1. The molecule has 0 aliphatic heterocycles. The number of fused-ring (bicyclic) bond motifs is 1. The number of carbonyl (C=O) groups excluding carboxylic acids is 1. The van der Waals surface area contributed by atoms with E-state index < -0.39 is 0 Å². The van der Waals surface area contributed by atoms with E-state index in [1.165, 1.54) is 10.5 Å². The van der Waals surface area contributed by atoms with Crippen LogP contribution in [0, 0.1) is 0 Å². The Morgan fingerprint density at radius 1 is 1.16 bits per heavy atom. The lowest BCUT2D eigenvalue weighted by atomic mass is 10.2. The van der Waals surface area contributed by atoms with Gasteiger partial charge in [0.15, 0.2) is 0 Å². The summed E-state index contributed by atoms with van der Waals surface area (Å²) in [5.41, 5.74) is 2.09. The molecule has 130 valence electrons. The van der Waals surface area contributed by atoms with Crippen molar-refractivity contribution in [3.05, 3.63) is 65.9 Å². The highest BCUT2D eigenvalue weighted by Crippen LogP contribution is 2.24. The third-order valence-electron chi connectivity index (χ3n) is 3.91. The molecule has 5 heteroatoms. The maximum atomic E-state index is 12.2. The fourth-order valence-electron chi connectivity index (χ4n) is 2.55. The molecule has 25 heavy (non-hydrogen) atoms. The summed E-state index contributed by atoms with van der Waals surface area (Å²) in [7, 11) is 0. The van der Waals surface area contributed by atoms with Gasteiger partial charge >= 0.3 is 0 Å². The molecule has 3 rings (SSSR count). The molecule has 0 saturated heterocycles. The molecule has 0 aliphatic rings. The molecule has 2 aromatic carbocycles. The van der Waals surface area contributed by atoms with E-state index >= 15 is 0 Å². The van der Waals surface area contributed by atoms with Crippen LogP contribution in [0.3, 0.4) is 0 Å². The van der Waals surface area contributed by atoms with Gasteiger partial charge in [0, 0.05) is 16.0 Å². The first-order chi connectivity index (χ1) is 12.2. The summed E-state index contributed by atoms with van der Waals surface area (Å²) in [6, 6.07) is 18.2. The van der Waals surface area contributed by atoms with Crippen molar-refractivity contribution >= 4 is 40.4 Å². The van der Waals surface area contributed by atoms with E-state index in [1.54, 1.807) is 23.5 Å². The van der Waals surface area contributed by atoms with Gasteiger partial charge in [0.05, 0.1) is 11.8 Å². The maximum absolute atomic E-state index is 12.2. The van der Waals surface area contributed by atoms with Gasteiger partial charge in [-0.25, -0.2) is 0 Å². The maximum Gasteiger partial charge on any atom is 0.230 e. The van der Waals surface area contributed by atoms with Crippen molar-refractivity contribution in [2.45, 2.75) is 23.6 Å². The SMILES string of the molecule is CSc1ccc(CSCC(=O)NC(C)c2cc3ccccc3o2)cc1. The number of benzene rings is 2. The van der Waals surface area contributed by atoms with Gasteiger partial charge in [-0.05, 0) is 43.0 Å². The van der Waals surface area contributed by atoms with Gasteiger partial charge in [-0.1, -0.05) is 30.3 Å². The summed E-state index contributed by atoms with van der Waals surface area (Å²) >= 11 is 3.35. The van der Waals surface area contributed by atoms with E-state index in [0.29, 0.717) is 5.75 Å². The summed E-state index contributed by atoms with van der Waals surface area (Å²) < 4.78 is 5.80. The lowest BCUT2D eigenvalue weighted by Gasteiger charge is -2.11. The molecule has 0 radical (unpaired) electrons. The Labute approximate surface area is 156 Å². The largest absolute Gasteiger partial charge is 0.459 e. The second-order valence-corrected chi connectivity index (χ2v) is 7.68. The topological polar surface area (TPSA) is 42.2 Å². The van der Waals surface area contributed by atoms with Crippen LogP contribution in [0.15, 0.2) is 63.9 Å². The van der Waals surface area contributed by atoms with Crippen molar-refractivity contribution in [3.8, 4) is 0 Å². The van der Waals surface area contributed by atoms with Crippen LogP contribution in [0.2, 0.25) is 0 Å². The van der Waals surface area contributed by atoms with Gasteiger partial charge in [-0.15, -0.1) is 23.5 Å². The number of hydrogen-bond donors (Lipinski definition) is 1. The van der Waals surface area contributed by atoms with Gasteiger partial charge in [-0.2, -0.15) is 0 Å². The summed E-state index contributed by atoms with van der Waals surface area (Å²) in [5.74, 6) is 2.08. The number of hydrogen-bond acceptors (Lipinski definition) is 4. The highest BCUT2D eigenvalue weighted by Gasteiger charge is 2.14. The Balaban J connectivity index is 1.48. The average Bonchev–Trinajstić information content (AvgIpc) is 3.06. The minimum atomic E-state index is -0.138. The Kier molecular flexibility index (Phi) is 6.10. The smallest absolute Gasteiger partial charge is 0.230 e. The molecule has 1 N–H and O–H groups in total. The first-order valence-corrected chi connectivity index (χ1v) is 10.5. The van der Waals surface area contributed by atoms with Crippen LogP contribution in [0.25, 0.3) is 11.0 Å². The Morgan fingerprint density at radius 2 is 1.92 bits per heavy atom. The predicted octanol–water partition coefficient (Wildman–Crippen LogP) is 5.27. The van der Waals surface area contributed by atoms with E-state index in [9.17, 15) is 4.79 Å². The first-order valence-electron chi connectivity index (χ1n) is 8.14. The van der Waals surface area contributed by atoms with Crippen molar-refractivity contribution in [2.24, 2.45) is 0 Å². The molecule has 0 spiro atoms. The van der Waals surface area contributed by atoms with Crippen molar-refractivity contribution in [1.29, 1.82) is 0 Å². The van der Waals surface area contributed by atoms with E-state index in [0.717, 1.165) is 22.5 Å². The average molecular weight is 372 g/mol. The van der Waals surface area contributed by atoms with Crippen LogP contribution in [-0.4, -0.2) is 17.9 Å². The van der Waals surface area contributed by atoms with E-state index in [1.807, 2.05) is 37.3 Å². The minimum absolute atomic E-state index is 0.0266. The van der Waals surface area contributed by atoms with E-state index in [4.69, 9.17) is 4.42 Å². The molecule has 1 unspecified atom stereocenters. The normalized spacial score (nSPS) is 12.2. The van der Waals surface area contributed by atoms with Crippen LogP contribution < -0.4 is 5.32 Å². The minimum Gasteiger partial charge on any atom is -0.459 e. The van der Waals surface area contributed by atoms with Crippen molar-refractivity contribution < 1.29 is 9.21 Å². The monoisotopic (exact) mass is 371 g/mol. The van der Waals surface area contributed by atoms with Crippen LogP contribution in [0.5, 0.6) is 0 Å². The third-order valence-corrected chi connectivity index (χ3v) is 5.66. The second-order valence-electron chi connectivity index (χ2n) is 5.82. The zero-order chi connectivity index (χ0) is 17.6. The highest BCUT2D eigenvalue weighted by atomic mass is 32.2. The van der Waals surface area contributed by atoms with Crippen molar-refractivity contribution in [3.63, 3.8) is 0 Å². The van der Waals surface area contributed by atoms with Crippen molar-refractivity contribution in [1.82, 2.24) is 5.32 Å². The fourth-order valence-corrected chi connectivity index (χ4v) is 3.76. The number of furan rings is 1. The second kappa shape index (κ2) is 8.50. The number of nitrogens with one attached hydrogen (secondary N) is 1. The van der Waals surface area contributed by atoms with E-state index in [-0.39, 0.29) is 11.9 Å². The molecular weight excluding hydrogens is 350 g/mol. The van der Waals surface area contributed by atoms with Crippen LogP contribution in [0.1, 0.15) is 24.3 Å². The molecule has 3 nitrogen and oxygen atoms in total. The zero-order valence-corrected chi connectivity index (χ0v) is 16.0. The molecule has 0 fully saturated rings. The number of amides is 1. The summed E-state index contributed by atoms with van der Waals surface area (Å²) in [6.07, 6.45) is 2.07. The third kappa shape index (κ3) is 4.83. The van der Waals surface area contributed by atoms with E-state index in [2.05, 4.69) is 35.8 Å². The predicted molar refractivity (Wildman–Crippen MR) is 107 cm³/mol. The molecular formula is C20H21NO2S2. The van der Waals surface area contributed by atoms with Gasteiger partial charge in [0.25, 0.3) is 0 Å². The number of thioether (sulfide) groups is 2. The van der Waals surface area contributed by atoms with Crippen LogP contribution in [0.4, 0.5) is 0 Å². The Hall–Kier alpha value is -1.85. The molecule has 0 aliphatic carbocycles. The van der Waals surface area contributed by atoms with Gasteiger partial charge in [0.2, 0.25) is 5.91 Å². The lowest BCUT2D eigenvalue weighted by molar-refractivity contribution is -0.119. The standard InChI is InChI=1S/C20H21NO2S2/c1-14(19-11-16-5-3-4-6-18(16)23-19)21-20(22)13-25-12-15-7-9-17(24-2)10-8-15/h3-11,14H,12-13H2,1-2H3,(H,21,22). The fraction of sp³-hybridized carbons (Fsp3) is 0.250. The van der Waals surface area contributed by atoms with Gasteiger partial charge in [-0.3, -0.25) is 4.79 Å². The zero-order valence-electron chi connectivity index (χ0n) is 14.3. The van der Waals surface area contributed by atoms with Gasteiger partial charge in [0.1, 0.15) is 11.3 Å². The first kappa shape index (κ1) is 18.0. The number of para-hydroxylation sites is 1. The van der Waals surface area contributed by atoms with Gasteiger partial charge < -0.3 is 9.73 Å². The van der Waals surface area contributed by atoms with Crippen LogP contribution in [-0.2, 0) is 10.5 Å². The lowest BCUT2D eigenvalue weighted by Crippen LogP contribution is -2.27. The molecule has 1 aromatic heterocycles. The Bertz CT molecular complexity index is 809. The quantitative estimate of drug-likeness (QED) is 0.575. The summed E-state index contributed by atoms with van der Waals surface area (Å²) in [4.78, 5) is 13.4. The molecule has 3 aromatic rings. The summed E-state index contributed by atoms with van der Waals surface area (Å²) in [6.45, 7) is 1.95. The highest BCUT2D eigenvalue weighted by molar-refractivity contribution is 7.99. The van der Waals surface area contributed by atoms with Crippen molar-refractivity contribution in [2.75, 3.05) is 12.0 Å². The molecule has 0 bridgehead atoms. The van der Waals surface area contributed by atoms with Crippen LogP contribution >= 0.6 is 23.5 Å². The molecule has 1 atom stereocenters.